The highest BCUT2D eigenvalue weighted by Gasteiger charge is 1.99. The maximum absolute atomic E-state index is 10.8. The number of Topliss-reactive ketones (excluding diaryl/α,β-unsaturated/α-hetero) is 1. The van der Waals surface area contributed by atoms with Gasteiger partial charge in [-0.1, -0.05) is 6.92 Å². The normalized spacial score (nSPS) is 9.70. The van der Waals surface area contributed by atoms with Crippen LogP contribution in [0.3, 0.4) is 0 Å². The Morgan fingerprint density at radius 1 is 1.70 bits per heavy atom. The Kier molecular flexibility index (Phi) is 2.09. The summed E-state index contributed by atoms with van der Waals surface area (Å²) in [4.78, 5) is 12.0. The highest BCUT2D eigenvalue weighted by Crippen LogP contribution is 1.83. The van der Waals surface area contributed by atoms with Crippen molar-refractivity contribution in [2.45, 2.75) is 19.9 Å². The van der Waals surface area contributed by atoms with Gasteiger partial charge < -0.3 is 0 Å². The molecule has 0 radical (unpaired) electrons. The number of rotatable bonds is 3. The van der Waals surface area contributed by atoms with Crippen molar-refractivity contribution in [2.75, 3.05) is 0 Å². The van der Waals surface area contributed by atoms with Crippen molar-refractivity contribution in [3.8, 4) is 0 Å². The Labute approximate surface area is 58.0 Å². The number of hydrogen-bond acceptors (Lipinski definition) is 4. The zero-order chi connectivity index (χ0) is 7.40. The highest BCUT2D eigenvalue weighted by atomic mass is 16.1. The van der Waals surface area contributed by atoms with Crippen molar-refractivity contribution in [1.82, 2.24) is 20.2 Å². The van der Waals surface area contributed by atoms with Gasteiger partial charge in [0.15, 0.2) is 12.1 Å². The summed E-state index contributed by atoms with van der Waals surface area (Å²) in [5.41, 5.74) is 0. The number of ketones is 1. The monoisotopic (exact) mass is 140 g/mol. The summed E-state index contributed by atoms with van der Waals surface area (Å²) in [5.74, 6) is 0.109. The lowest BCUT2D eigenvalue weighted by atomic mass is 10.3. The van der Waals surface area contributed by atoms with E-state index in [4.69, 9.17) is 0 Å². The molecular weight excluding hydrogens is 132 g/mol. The van der Waals surface area contributed by atoms with Crippen LogP contribution in [0.5, 0.6) is 0 Å². The lowest BCUT2D eigenvalue weighted by Crippen LogP contribution is -2.11. The van der Waals surface area contributed by atoms with E-state index in [9.17, 15) is 4.79 Å². The van der Waals surface area contributed by atoms with Gasteiger partial charge in [-0.2, -0.15) is 4.80 Å². The van der Waals surface area contributed by atoms with Crippen molar-refractivity contribution >= 4 is 5.78 Å². The largest absolute Gasteiger partial charge is 0.298 e. The molecule has 1 heterocycles. The first-order chi connectivity index (χ1) is 4.83. The SMILES string of the molecule is CCC(=O)Cn1ncnn1. The van der Waals surface area contributed by atoms with Crippen LogP contribution in [0.1, 0.15) is 13.3 Å². The van der Waals surface area contributed by atoms with E-state index >= 15 is 0 Å². The molecule has 0 fully saturated rings. The predicted molar refractivity (Wildman–Crippen MR) is 33.1 cm³/mol. The quantitative estimate of drug-likeness (QED) is 0.575. The molecule has 0 aliphatic carbocycles. The molecule has 54 valence electrons. The Bertz CT molecular complexity index is 205. The Hall–Kier alpha value is -1.26. The number of carbonyl (C=O) groups excluding carboxylic acids is 1. The van der Waals surface area contributed by atoms with Crippen LogP contribution in [0, 0.1) is 0 Å². The van der Waals surface area contributed by atoms with E-state index in [1.165, 1.54) is 11.1 Å². The molecule has 0 unspecified atom stereocenters. The smallest absolute Gasteiger partial charge is 0.162 e. The van der Waals surface area contributed by atoms with Crippen molar-refractivity contribution in [2.24, 2.45) is 0 Å². The molecule has 0 saturated carbocycles. The third-order valence-electron chi connectivity index (χ3n) is 1.10. The topological polar surface area (TPSA) is 60.7 Å². The maximum atomic E-state index is 10.8. The fraction of sp³-hybridized carbons (Fsp3) is 0.600. The second kappa shape index (κ2) is 3.05. The summed E-state index contributed by atoms with van der Waals surface area (Å²) in [6.45, 7) is 2.04. The van der Waals surface area contributed by atoms with E-state index in [2.05, 4.69) is 15.4 Å². The molecule has 1 aromatic rings. The van der Waals surface area contributed by atoms with E-state index in [0.717, 1.165) is 0 Å². The summed E-state index contributed by atoms with van der Waals surface area (Å²) >= 11 is 0. The second-order valence-corrected chi connectivity index (χ2v) is 1.86. The fourth-order valence-electron chi connectivity index (χ4n) is 0.530. The van der Waals surface area contributed by atoms with Crippen LogP contribution < -0.4 is 0 Å². The lowest BCUT2D eigenvalue weighted by Gasteiger charge is -1.92. The molecule has 0 atom stereocenters. The number of carbonyl (C=O) groups is 1. The van der Waals surface area contributed by atoms with Gasteiger partial charge >= 0.3 is 0 Å². The molecule has 10 heavy (non-hydrogen) atoms. The molecule has 5 nitrogen and oxygen atoms in total. The molecule has 0 spiro atoms. The second-order valence-electron chi connectivity index (χ2n) is 1.86. The molecule has 5 heteroatoms. The Morgan fingerprint density at radius 3 is 3.00 bits per heavy atom. The van der Waals surface area contributed by atoms with Crippen LogP contribution in [0.25, 0.3) is 0 Å². The van der Waals surface area contributed by atoms with Gasteiger partial charge in [0.05, 0.1) is 0 Å². The number of aromatic nitrogens is 4. The number of hydrogen-bond donors (Lipinski definition) is 0. The summed E-state index contributed by atoms with van der Waals surface area (Å²) in [6, 6.07) is 0. The van der Waals surface area contributed by atoms with Crippen molar-refractivity contribution in [3.63, 3.8) is 0 Å². The van der Waals surface area contributed by atoms with E-state index in [-0.39, 0.29) is 12.3 Å². The zero-order valence-electron chi connectivity index (χ0n) is 5.69. The molecule has 0 N–H and O–H groups in total. The van der Waals surface area contributed by atoms with Crippen molar-refractivity contribution < 1.29 is 4.79 Å². The summed E-state index contributed by atoms with van der Waals surface area (Å²) in [6.07, 6.45) is 1.82. The van der Waals surface area contributed by atoms with E-state index in [1.807, 2.05) is 0 Å². The van der Waals surface area contributed by atoms with E-state index in [0.29, 0.717) is 6.42 Å². The minimum absolute atomic E-state index is 0.109. The molecular formula is C5H8N4O. The number of nitrogens with zero attached hydrogens (tertiary/aromatic N) is 4. The third-order valence-corrected chi connectivity index (χ3v) is 1.10. The maximum Gasteiger partial charge on any atom is 0.162 e. The number of tetrazole rings is 1. The van der Waals surface area contributed by atoms with Crippen LogP contribution in [-0.4, -0.2) is 26.0 Å². The Morgan fingerprint density at radius 2 is 2.50 bits per heavy atom. The van der Waals surface area contributed by atoms with Gasteiger partial charge in [0.2, 0.25) is 0 Å². The molecule has 0 bridgehead atoms. The fourth-order valence-corrected chi connectivity index (χ4v) is 0.530. The van der Waals surface area contributed by atoms with E-state index < -0.39 is 0 Å². The first-order valence-electron chi connectivity index (χ1n) is 3.05. The van der Waals surface area contributed by atoms with Crippen molar-refractivity contribution in [3.05, 3.63) is 6.33 Å². The molecule has 1 aromatic heterocycles. The van der Waals surface area contributed by atoms with Gasteiger partial charge in [-0.3, -0.25) is 4.79 Å². The van der Waals surface area contributed by atoms with Gasteiger partial charge in [-0.05, 0) is 5.21 Å². The zero-order valence-corrected chi connectivity index (χ0v) is 5.69. The molecule has 0 aromatic carbocycles. The van der Waals surface area contributed by atoms with Crippen LogP contribution in [0.15, 0.2) is 6.33 Å². The van der Waals surface area contributed by atoms with E-state index in [1.54, 1.807) is 6.92 Å². The average molecular weight is 140 g/mol. The summed E-state index contributed by atoms with van der Waals surface area (Å²) < 4.78 is 0. The van der Waals surface area contributed by atoms with Gasteiger partial charge in [0, 0.05) is 6.42 Å². The molecule has 0 aliphatic heterocycles. The first kappa shape index (κ1) is 6.85. The van der Waals surface area contributed by atoms with Crippen LogP contribution in [0.2, 0.25) is 0 Å². The van der Waals surface area contributed by atoms with Crippen molar-refractivity contribution in [1.29, 1.82) is 0 Å². The van der Waals surface area contributed by atoms with Gasteiger partial charge in [0.1, 0.15) is 6.54 Å². The average Bonchev–Trinajstić information content (AvgIpc) is 2.40. The van der Waals surface area contributed by atoms with Gasteiger partial charge in [-0.25, -0.2) is 0 Å². The van der Waals surface area contributed by atoms with Gasteiger partial charge in [0.25, 0.3) is 0 Å². The third kappa shape index (κ3) is 1.61. The highest BCUT2D eigenvalue weighted by molar-refractivity contribution is 5.77. The predicted octanol–water partition coefficient (Wildman–Crippen LogP) is -0.348. The van der Waals surface area contributed by atoms with Crippen LogP contribution >= 0.6 is 0 Å². The summed E-state index contributed by atoms with van der Waals surface area (Å²) in [5, 5.41) is 10.7. The minimum atomic E-state index is 0.109. The Balaban J connectivity index is 2.48. The lowest BCUT2D eigenvalue weighted by molar-refractivity contribution is -0.119. The van der Waals surface area contributed by atoms with Gasteiger partial charge in [-0.15, -0.1) is 10.2 Å². The minimum Gasteiger partial charge on any atom is -0.298 e. The first-order valence-corrected chi connectivity index (χ1v) is 3.05. The molecule has 0 saturated heterocycles. The molecule has 0 amide bonds. The molecule has 0 aliphatic rings. The molecule has 1 rings (SSSR count). The standard InChI is InChI=1S/C5H8N4O/c1-2-5(10)3-9-7-4-6-8-9/h4H,2-3H2,1H3. The van der Waals surface area contributed by atoms with Crippen LogP contribution in [-0.2, 0) is 11.3 Å². The summed E-state index contributed by atoms with van der Waals surface area (Å²) in [7, 11) is 0. The van der Waals surface area contributed by atoms with Crippen LogP contribution in [0.4, 0.5) is 0 Å².